The van der Waals surface area contributed by atoms with Crippen LogP contribution < -0.4 is 5.73 Å². The summed E-state index contributed by atoms with van der Waals surface area (Å²) >= 11 is 1.56. The van der Waals surface area contributed by atoms with Gasteiger partial charge >= 0.3 is 6.03 Å². The number of hydroxylamine groups is 2. The minimum Gasteiger partial charge on any atom is -0.330 e. The van der Waals surface area contributed by atoms with Gasteiger partial charge in [-0.05, 0) is 24.9 Å². The molecule has 25 heavy (non-hydrogen) atoms. The predicted molar refractivity (Wildman–Crippen MR) is 93.6 cm³/mol. The maximum atomic E-state index is 12.8. The Morgan fingerprint density at radius 2 is 2.08 bits per heavy atom. The van der Waals surface area contributed by atoms with Gasteiger partial charge in [0.15, 0.2) is 0 Å². The number of amides is 2. The third kappa shape index (κ3) is 3.24. The van der Waals surface area contributed by atoms with Gasteiger partial charge in [-0.15, -0.1) is 10.2 Å². The number of benzene rings is 1. The first-order valence-electron chi connectivity index (χ1n) is 8.55. The van der Waals surface area contributed by atoms with Gasteiger partial charge in [0.25, 0.3) is 0 Å². The monoisotopic (exact) mass is 359 g/mol. The van der Waals surface area contributed by atoms with Crippen LogP contribution in [0.2, 0.25) is 0 Å². The first-order valence-corrected chi connectivity index (χ1v) is 9.37. The Labute approximate surface area is 150 Å². The van der Waals surface area contributed by atoms with Crippen molar-refractivity contribution in [1.29, 1.82) is 0 Å². The minimum absolute atomic E-state index is 0.00176. The molecule has 2 N–H and O–H groups in total. The number of hydrogen-bond donors (Lipinski definition) is 1. The maximum absolute atomic E-state index is 12.8. The fourth-order valence-electron chi connectivity index (χ4n) is 3.40. The van der Waals surface area contributed by atoms with Gasteiger partial charge in [-0.25, -0.2) is 4.79 Å². The van der Waals surface area contributed by atoms with Crippen LogP contribution in [0.3, 0.4) is 0 Å². The molecule has 2 atom stereocenters. The van der Waals surface area contributed by atoms with E-state index in [1.54, 1.807) is 16.4 Å². The molecular weight excluding hydrogens is 338 g/mol. The number of carbonyl (C=O) groups is 1. The predicted octanol–water partition coefficient (Wildman–Crippen LogP) is 2.11. The Balaban J connectivity index is 1.44. The molecular formula is C17H21N5O2S. The second-order valence-electron chi connectivity index (χ2n) is 6.34. The SMILES string of the molecule is NCCc1nnc([C@@H]2CC[C@@H]3CN2C(=O)N3OCc2ccccc2)s1. The number of carbonyl (C=O) groups excluding carboxylic acids is 1. The number of rotatable bonds is 6. The van der Waals surface area contributed by atoms with E-state index in [4.69, 9.17) is 10.6 Å². The van der Waals surface area contributed by atoms with Crippen molar-refractivity contribution < 1.29 is 9.63 Å². The number of hydrogen-bond acceptors (Lipinski definition) is 6. The van der Waals surface area contributed by atoms with Gasteiger partial charge in [0, 0.05) is 13.0 Å². The lowest BCUT2D eigenvalue weighted by atomic mass is 10.0. The molecule has 7 nitrogen and oxygen atoms in total. The van der Waals surface area contributed by atoms with E-state index in [-0.39, 0.29) is 18.1 Å². The third-order valence-corrected chi connectivity index (χ3v) is 5.75. The zero-order chi connectivity index (χ0) is 17.2. The van der Waals surface area contributed by atoms with Crippen molar-refractivity contribution in [2.75, 3.05) is 13.1 Å². The molecule has 2 saturated heterocycles. The van der Waals surface area contributed by atoms with Gasteiger partial charge < -0.3 is 10.6 Å². The number of piperidine rings is 1. The Bertz CT molecular complexity index is 738. The second kappa shape index (κ2) is 7.07. The first-order chi connectivity index (χ1) is 12.3. The van der Waals surface area contributed by atoms with Crippen molar-refractivity contribution in [3.05, 3.63) is 45.9 Å². The summed E-state index contributed by atoms with van der Waals surface area (Å²) in [6, 6.07) is 9.94. The van der Waals surface area contributed by atoms with Crippen molar-refractivity contribution >= 4 is 17.4 Å². The van der Waals surface area contributed by atoms with Gasteiger partial charge in [-0.3, -0.25) is 4.84 Å². The van der Waals surface area contributed by atoms with Gasteiger partial charge in [-0.2, -0.15) is 5.06 Å². The van der Waals surface area contributed by atoms with Crippen LogP contribution in [-0.2, 0) is 17.9 Å². The van der Waals surface area contributed by atoms with Crippen molar-refractivity contribution in [2.24, 2.45) is 5.73 Å². The number of fused-ring (bicyclic) bond motifs is 2. The summed E-state index contributed by atoms with van der Waals surface area (Å²) in [4.78, 5) is 20.5. The van der Waals surface area contributed by atoms with Gasteiger partial charge in [0.05, 0.1) is 12.1 Å². The molecule has 132 valence electrons. The summed E-state index contributed by atoms with van der Waals surface area (Å²) in [5, 5.41) is 11.9. The summed E-state index contributed by atoms with van der Waals surface area (Å²) in [6.45, 7) is 1.65. The van der Waals surface area contributed by atoms with E-state index in [1.165, 1.54) is 0 Å². The molecule has 8 heteroatoms. The highest BCUT2D eigenvalue weighted by molar-refractivity contribution is 7.11. The van der Waals surface area contributed by atoms with Crippen molar-refractivity contribution in [1.82, 2.24) is 20.2 Å². The van der Waals surface area contributed by atoms with E-state index in [0.29, 0.717) is 19.7 Å². The zero-order valence-electron chi connectivity index (χ0n) is 13.9. The van der Waals surface area contributed by atoms with Gasteiger partial charge in [0.2, 0.25) is 0 Å². The van der Waals surface area contributed by atoms with Crippen LogP contribution in [0.5, 0.6) is 0 Å². The molecule has 0 unspecified atom stereocenters. The molecule has 0 aliphatic carbocycles. The van der Waals surface area contributed by atoms with Crippen molar-refractivity contribution in [3.8, 4) is 0 Å². The lowest BCUT2D eigenvalue weighted by Gasteiger charge is -2.28. The normalized spacial score (nSPS) is 22.7. The van der Waals surface area contributed by atoms with Crippen LogP contribution in [0.4, 0.5) is 4.79 Å². The third-order valence-electron chi connectivity index (χ3n) is 4.66. The largest absolute Gasteiger partial charge is 0.344 e. The van der Waals surface area contributed by atoms with E-state index < -0.39 is 0 Å². The number of nitrogens with two attached hydrogens (primary N) is 1. The van der Waals surface area contributed by atoms with E-state index in [2.05, 4.69) is 10.2 Å². The topological polar surface area (TPSA) is 84.6 Å². The molecule has 0 saturated carbocycles. The minimum atomic E-state index is -0.0704. The molecule has 0 radical (unpaired) electrons. The van der Waals surface area contributed by atoms with Crippen LogP contribution >= 0.6 is 11.3 Å². The molecule has 1 aromatic carbocycles. The van der Waals surface area contributed by atoms with E-state index in [9.17, 15) is 4.79 Å². The smallest absolute Gasteiger partial charge is 0.330 e. The fraction of sp³-hybridized carbons (Fsp3) is 0.471. The number of aromatic nitrogens is 2. The van der Waals surface area contributed by atoms with Gasteiger partial charge in [-0.1, -0.05) is 41.7 Å². The lowest BCUT2D eigenvalue weighted by molar-refractivity contribution is -0.140. The standard InChI is InChI=1S/C17H21N5O2S/c18-9-8-15-19-20-16(25-15)14-7-6-13-10-21(14)17(23)22(13)24-11-12-4-2-1-3-5-12/h1-5,13-14H,6-11,18H2/t13-,14+/m1/s1. The van der Waals surface area contributed by atoms with E-state index >= 15 is 0 Å². The van der Waals surface area contributed by atoms with Gasteiger partial charge in [0.1, 0.15) is 16.6 Å². The summed E-state index contributed by atoms with van der Waals surface area (Å²) in [5.74, 6) is 0. The van der Waals surface area contributed by atoms with Crippen LogP contribution in [-0.4, -0.2) is 45.3 Å². The summed E-state index contributed by atoms with van der Waals surface area (Å²) in [7, 11) is 0. The van der Waals surface area contributed by atoms with E-state index in [0.717, 1.165) is 34.8 Å². The second-order valence-corrected chi connectivity index (χ2v) is 7.43. The molecule has 3 heterocycles. The fourth-order valence-corrected chi connectivity index (χ4v) is 4.40. The molecule has 1 aromatic heterocycles. The van der Waals surface area contributed by atoms with Crippen LogP contribution in [0.1, 0.15) is 34.5 Å². The highest BCUT2D eigenvalue weighted by atomic mass is 32.1. The van der Waals surface area contributed by atoms with Crippen molar-refractivity contribution in [2.45, 2.75) is 38.0 Å². The maximum Gasteiger partial charge on any atom is 0.344 e. The van der Waals surface area contributed by atoms with E-state index in [1.807, 2.05) is 35.2 Å². The molecule has 2 bridgehead atoms. The molecule has 2 fully saturated rings. The van der Waals surface area contributed by atoms with Crippen LogP contribution in [0, 0.1) is 0 Å². The zero-order valence-corrected chi connectivity index (χ0v) is 14.7. The average Bonchev–Trinajstić information content (AvgIpc) is 3.19. The molecule has 4 rings (SSSR count). The molecule has 0 spiro atoms. The first kappa shape index (κ1) is 16.4. The summed E-state index contributed by atoms with van der Waals surface area (Å²) < 4.78 is 0. The lowest BCUT2D eigenvalue weighted by Crippen LogP contribution is -2.33. The number of nitrogens with zero attached hydrogens (tertiary/aromatic N) is 4. The Hall–Kier alpha value is -2.03. The summed E-state index contributed by atoms with van der Waals surface area (Å²) in [5.41, 5.74) is 6.64. The van der Waals surface area contributed by atoms with Crippen LogP contribution in [0.25, 0.3) is 0 Å². The molecule has 2 amide bonds. The number of urea groups is 1. The Morgan fingerprint density at radius 1 is 1.24 bits per heavy atom. The molecule has 2 aliphatic rings. The summed E-state index contributed by atoms with van der Waals surface area (Å²) in [6.07, 6.45) is 2.53. The molecule has 2 aliphatic heterocycles. The van der Waals surface area contributed by atoms with Crippen molar-refractivity contribution in [3.63, 3.8) is 0 Å². The molecule has 2 aromatic rings. The quantitative estimate of drug-likeness (QED) is 0.854. The van der Waals surface area contributed by atoms with Crippen LogP contribution in [0.15, 0.2) is 30.3 Å². The Morgan fingerprint density at radius 3 is 2.88 bits per heavy atom. The highest BCUT2D eigenvalue weighted by Gasteiger charge is 2.47. The Kier molecular flexibility index (Phi) is 4.65. The highest BCUT2D eigenvalue weighted by Crippen LogP contribution is 2.39. The average molecular weight is 359 g/mol.